The summed E-state index contributed by atoms with van der Waals surface area (Å²) in [4.78, 5) is 32.4. The van der Waals surface area contributed by atoms with E-state index < -0.39 is 0 Å². The molecule has 4 aromatic rings. The molecule has 1 aliphatic carbocycles. The van der Waals surface area contributed by atoms with Crippen LogP contribution in [0.1, 0.15) is 28.8 Å². The van der Waals surface area contributed by atoms with Crippen LogP contribution in [0.25, 0.3) is 15.9 Å². The molecular weight excluding hydrogens is 460 g/mol. The Morgan fingerprint density at radius 2 is 2.03 bits per heavy atom. The third-order valence-electron chi connectivity index (χ3n) is 5.35. The Morgan fingerprint density at radius 1 is 1.22 bits per heavy atom. The van der Waals surface area contributed by atoms with Crippen LogP contribution in [-0.4, -0.2) is 21.2 Å². The minimum Gasteiger partial charge on any atom is -0.316 e. The second-order valence-corrected chi connectivity index (χ2v) is 10.3. The van der Waals surface area contributed by atoms with Crippen LogP contribution in [0.5, 0.6) is 0 Å². The predicted octanol–water partition coefficient (Wildman–Crippen LogP) is 4.99. The summed E-state index contributed by atoms with van der Waals surface area (Å²) in [7, 11) is 0. The zero-order valence-corrected chi connectivity index (χ0v) is 19.4. The van der Waals surface area contributed by atoms with Crippen molar-refractivity contribution in [2.45, 2.75) is 30.8 Å². The van der Waals surface area contributed by atoms with Gasteiger partial charge in [0.25, 0.3) is 5.56 Å². The van der Waals surface area contributed by atoms with E-state index in [1.807, 2.05) is 35.7 Å². The number of aryl methyl sites for hydroxylation is 1. The van der Waals surface area contributed by atoms with E-state index in [0.29, 0.717) is 31.6 Å². The number of aromatic nitrogens is 2. The maximum absolute atomic E-state index is 13.1. The minimum absolute atomic E-state index is 0.0869. The SMILES string of the molecule is N#Cc1c(NC(=O)CSc2nc3sccc3c(=O)n2-c2ccccc2)sc2c1CCCC2. The number of amides is 1. The topological polar surface area (TPSA) is 87.8 Å². The lowest BCUT2D eigenvalue weighted by Crippen LogP contribution is -2.22. The lowest BCUT2D eigenvalue weighted by atomic mass is 9.96. The fraction of sp³-hybridized carbons (Fsp3) is 0.217. The van der Waals surface area contributed by atoms with Gasteiger partial charge in [-0.15, -0.1) is 22.7 Å². The minimum atomic E-state index is -0.217. The first-order chi connectivity index (χ1) is 15.7. The van der Waals surface area contributed by atoms with Crippen LogP contribution in [0.2, 0.25) is 0 Å². The number of thiophene rings is 2. The monoisotopic (exact) mass is 478 g/mol. The number of anilines is 1. The van der Waals surface area contributed by atoms with Gasteiger partial charge in [0.1, 0.15) is 15.9 Å². The summed E-state index contributed by atoms with van der Waals surface area (Å²) in [5, 5.41) is 16.0. The average molecular weight is 479 g/mol. The van der Waals surface area contributed by atoms with Crippen molar-refractivity contribution < 1.29 is 4.79 Å². The lowest BCUT2D eigenvalue weighted by molar-refractivity contribution is -0.113. The van der Waals surface area contributed by atoms with E-state index in [0.717, 1.165) is 31.2 Å². The number of carbonyl (C=O) groups excluding carboxylic acids is 1. The van der Waals surface area contributed by atoms with Crippen molar-refractivity contribution in [3.63, 3.8) is 0 Å². The highest BCUT2D eigenvalue weighted by atomic mass is 32.2. The molecule has 0 atom stereocenters. The Kier molecular flexibility index (Phi) is 5.83. The molecule has 0 spiro atoms. The van der Waals surface area contributed by atoms with E-state index in [9.17, 15) is 14.9 Å². The van der Waals surface area contributed by atoms with Crippen molar-refractivity contribution >= 4 is 55.6 Å². The molecule has 3 aromatic heterocycles. The number of fused-ring (bicyclic) bond motifs is 2. The van der Waals surface area contributed by atoms with Gasteiger partial charge in [0.05, 0.1) is 22.4 Å². The number of carbonyl (C=O) groups is 1. The summed E-state index contributed by atoms with van der Waals surface area (Å²) in [6, 6.07) is 13.4. The van der Waals surface area contributed by atoms with Crippen molar-refractivity contribution in [3.05, 3.63) is 68.1 Å². The van der Waals surface area contributed by atoms with Gasteiger partial charge >= 0.3 is 0 Å². The van der Waals surface area contributed by atoms with Gasteiger partial charge in [-0.05, 0) is 54.8 Å². The van der Waals surface area contributed by atoms with Gasteiger partial charge in [0, 0.05) is 4.88 Å². The van der Waals surface area contributed by atoms with Gasteiger partial charge in [-0.25, -0.2) is 4.98 Å². The molecule has 1 aliphatic rings. The number of nitriles is 1. The van der Waals surface area contributed by atoms with Crippen LogP contribution in [0.3, 0.4) is 0 Å². The molecule has 1 amide bonds. The van der Waals surface area contributed by atoms with Crippen LogP contribution < -0.4 is 10.9 Å². The van der Waals surface area contributed by atoms with Crippen LogP contribution >= 0.6 is 34.4 Å². The maximum Gasteiger partial charge on any atom is 0.267 e. The normalized spacial score (nSPS) is 13.0. The molecule has 9 heteroatoms. The molecule has 6 nitrogen and oxygen atoms in total. The maximum atomic E-state index is 13.1. The van der Waals surface area contributed by atoms with Crippen LogP contribution in [0.15, 0.2) is 51.7 Å². The second-order valence-electron chi connectivity index (χ2n) is 7.37. The van der Waals surface area contributed by atoms with E-state index in [4.69, 9.17) is 0 Å². The third-order valence-corrected chi connectivity index (χ3v) is 8.30. The molecule has 0 saturated carbocycles. The van der Waals surface area contributed by atoms with Crippen molar-refractivity contribution in [1.82, 2.24) is 9.55 Å². The first-order valence-corrected chi connectivity index (χ1v) is 12.9. The molecule has 160 valence electrons. The summed E-state index contributed by atoms with van der Waals surface area (Å²) in [5.41, 5.74) is 2.25. The van der Waals surface area contributed by atoms with Gasteiger partial charge in [-0.1, -0.05) is 30.0 Å². The molecule has 1 aromatic carbocycles. The van der Waals surface area contributed by atoms with Gasteiger partial charge in [-0.3, -0.25) is 14.2 Å². The van der Waals surface area contributed by atoms with E-state index in [1.54, 1.807) is 10.6 Å². The molecule has 0 fully saturated rings. The fourth-order valence-electron chi connectivity index (χ4n) is 3.86. The molecule has 0 unspecified atom stereocenters. The summed E-state index contributed by atoms with van der Waals surface area (Å²) >= 11 is 4.13. The standard InChI is InChI=1S/C23H18N4O2S3/c24-12-17-15-8-4-5-9-18(15)32-21(17)25-19(28)13-31-23-26-20-16(10-11-30-20)22(29)27(23)14-6-2-1-3-7-14/h1-3,6-7,10-11H,4-5,8-9,13H2,(H,25,28). The highest BCUT2D eigenvalue weighted by molar-refractivity contribution is 7.99. The first kappa shape index (κ1) is 20.9. The average Bonchev–Trinajstić information content (AvgIpc) is 3.42. The van der Waals surface area contributed by atoms with Crippen molar-refractivity contribution in [3.8, 4) is 11.8 Å². The molecule has 0 saturated heterocycles. The smallest absolute Gasteiger partial charge is 0.267 e. The van der Waals surface area contributed by atoms with Crippen molar-refractivity contribution in [2.75, 3.05) is 11.1 Å². The summed E-state index contributed by atoms with van der Waals surface area (Å²) in [5.74, 6) is -0.130. The number of nitrogens with zero attached hydrogens (tertiary/aromatic N) is 3. The predicted molar refractivity (Wildman–Crippen MR) is 130 cm³/mol. The molecule has 3 heterocycles. The Labute approximate surface area is 196 Å². The van der Waals surface area contributed by atoms with Gasteiger partial charge in [0.2, 0.25) is 5.91 Å². The number of rotatable bonds is 5. The van der Waals surface area contributed by atoms with E-state index in [1.165, 1.54) is 39.3 Å². The Balaban J connectivity index is 1.41. The molecule has 32 heavy (non-hydrogen) atoms. The zero-order chi connectivity index (χ0) is 22.1. The van der Waals surface area contributed by atoms with E-state index in [2.05, 4.69) is 16.4 Å². The Bertz CT molecular complexity index is 1410. The number of hydrogen-bond donors (Lipinski definition) is 1. The van der Waals surface area contributed by atoms with Gasteiger partial charge < -0.3 is 5.32 Å². The molecule has 0 aliphatic heterocycles. The van der Waals surface area contributed by atoms with Crippen LogP contribution in [0.4, 0.5) is 5.00 Å². The van der Waals surface area contributed by atoms with Crippen LogP contribution in [-0.2, 0) is 17.6 Å². The number of benzene rings is 1. The van der Waals surface area contributed by atoms with Gasteiger partial charge in [0.15, 0.2) is 5.16 Å². The third kappa shape index (κ3) is 3.86. The summed E-state index contributed by atoms with van der Waals surface area (Å²) < 4.78 is 1.55. The summed E-state index contributed by atoms with van der Waals surface area (Å²) in [6.45, 7) is 0. The summed E-state index contributed by atoms with van der Waals surface area (Å²) in [6.07, 6.45) is 4.06. The lowest BCUT2D eigenvalue weighted by Gasteiger charge is -2.12. The number of nitrogens with one attached hydrogen (secondary N) is 1. The molecule has 0 bridgehead atoms. The van der Waals surface area contributed by atoms with E-state index in [-0.39, 0.29) is 17.2 Å². The number of hydrogen-bond acceptors (Lipinski definition) is 7. The first-order valence-electron chi connectivity index (χ1n) is 10.2. The second kappa shape index (κ2) is 8.90. The van der Waals surface area contributed by atoms with Gasteiger partial charge in [-0.2, -0.15) is 5.26 Å². The Hall–Kier alpha value is -2.93. The van der Waals surface area contributed by atoms with Crippen molar-refractivity contribution in [1.29, 1.82) is 5.26 Å². The molecule has 1 N–H and O–H groups in total. The molecule has 0 radical (unpaired) electrons. The highest BCUT2D eigenvalue weighted by Gasteiger charge is 2.22. The number of thioether (sulfide) groups is 1. The fourth-order valence-corrected chi connectivity index (χ4v) is 6.74. The Morgan fingerprint density at radius 3 is 2.84 bits per heavy atom. The molecular formula is C23H18N4O2S3. The van der Waals surface area contributed by atoms with E-state index >= 15 is 0 Å². The van der Waals surface area contributed by atoms with Crippen molar-refractivity contribution in [2.24, 2.45) is 0 Å². The van der Waals surface area contributed by atoms with Crippen LogP contribution in [0, 0.1) is 11.3 Å². The largest absolute Gasteiger partial charge is 0.316 e. The highest BCUT2D eigenvalue weighted by Crippen LogP contribution is 2.37. The molecule has 5 rings (SSSR count). The number of para-hydroxylation sites is 1. The quantitative estimate of drug-likeness (QED) is 0.322. The zero-order valence-electron chi connectivity index (χ0n) is 17.0.